The summed E-state index contributed by atoms with van der Waals surface area (Å²) in [6.45, 7) is 0.202. The van der Waals surface area contributed by atoms with Gasteiger partial charge in [0.05, 0.1) is 11.1 Å². The molecule has 0 aromatic heterocycles. The van der Waals surface area contributed by atoms with Gasteiger partial charge in [0.1, 0.15) is 0 Å². The molecule has 0 amide bonds. The molecular formula is C12H14F6N2. The molecule has 0 bridgehead atoms. The highest BCUT2D eigenvalue weighted by Crippen LogP contribution is 2.38. The van der Waals surface area contributed by atoms with E-state index in [0.29, 0.717) is 24.6 Å². The van der Waals surface area contributed by atoms with Gasteiger partial charge in [-0.1, -0.05) is 0 Å². The van der Waals surface area contributed by atoms with Gasteiger partial charge in [0.15, 0.2) is 0 Å². The smallest absolute Gasteiger partial charge is 0.330 e. The molecule has 0 saturated carbocycles. The van der Waals surface area contributed by atoms with Crippen molar-refractivity contribution in [3.63, 3.8) is 0 Å². The summed E-state index contributed by atoms with van der Waals surface area (Å²) < 4.78 is 76.1. The topological polar surface area (TPSA) is 52.0 Å². The summed E-state index contributed by atoms with van der Waals surface area (Å²) in [5.74, 6) is 0. The Labute approximate surface area is 111 Å². The quantitative estimate of drug-likeness (QED) is 0.837. The normalized spacial score (nSPS) is 14.4. The van der Waals surface area contributed by atoms with E-state index >= 15 is 0 Å². The second kappa shape index (κ2) is 6.01. The van der Waals surface area contributed by atoms with Gasteiger partial charge >= 0.3 is 12.4 Å². The first kappa shape index (κ1) is 16.8. The van der Waals surface area contributed by atoms with Gasteiger partial charge in [0.2, 0.25) is 0 Å². The predicted octanol–water partition coefficient (Wildman–Crippen LogP) is 3.46. The van der Waals surface area contributed by atoms with Crippen LogP contribution in [-0.4, -0.2) is 6.54 Å². The monoisotopic (exact) mass is 300 g/mol. The van der Waals surface area contributed by atoms with E-state index in [1.165, 1.54) is 0 Å². The van der Waals surface area contributed by atoms with Crippen LogP contribution in [0.2, 0.25) is 0 Å². The second-order valence-electron chi connectivity index (χ2n) is 4.33. The third kappa shape index (κ3) is 4.11. The van der Waals surface area contributed by atoms with Crippen molar-refractivity contribution in [3.05, 3.63) is 34.9 Å². The molecule has 8 heteroatoms. The van der Waals surface area contributed by atoms with Crippen LogP contribution >= 0.6 is 0 Å². The summed E-state index contributed by atoms with van der Waals surface area (Å²) in [5, 5.41) is 0. The van der Waals surface area contributed by atoms with Gasteiger partial charge in [-0.3, -0.25) is 0 Å². The molecule has 1 atom stereocenters. The molecule has 0 aliphatic rings. The fourth-order valence-corrected chi connectivity index (χ4v) is 1.80. The molecule has 2 nitrogen and oxygen atoms in total. The molecular weight excluding hydrogens is 286 g/mol. The Bertz CT molecular complexity index is 452. The number of hydrogen-bond donors (Lipinski definition) is 2. The summed E-state index contributed by atoms with van der Waals surface area (Å²) in [6, 6.07) is 0.143. The molecule has 0 spiro atoms. The minimum atomic E-state index is -4.75. The molecule has 114 valence electrons. The molecule has 4 N–H and O–H groups in total. The Morgan fingerprint density at radius 2 is 1.60 bits per heavy atom. The highest BCUT2D eigenvalue weighted by molar-refractivity contribution is 5.37. The lowest BCUT2D eigenvalue weighted by Gasteiger charge is -2.20. The van der Waals surface area contributed by atoms with Crippen LogP contribution in [0.4, 0.5) is 26.3 Å². The first-order valence-electron chi connectivity index (χ1n) is 5.81. The van der Waals surface area contributed by atoms with Crippen LogP contribution in [0.1, 0.15) is 35.6 Å². The highest BCUT2D eigenvalue weighted by atomic mass is 19.4. The second-order valence-corrected chi connectivity index (χ2v) is 4.33. The Morgan fingerprint density at radius 3 is 2.05 bits per heavy atom. The minimum absolute atomic E-state index is 0.0842. The lowest BCUT2D eigenvalue weighted by Crippen LogP contribution is -2.20. The van der Waals surface area contributed by atoms with E-state index in [9.17, 15) is 26.3 Å². The number of alkyl halides is 6. The van der Waals surface area contributed by atoms with E-state index in [-0.39, 0.29) is 13.0 Å². The average Bonchev–Trinajstić information content (AvgIpc) is 2.33. The van der Waals surface area contributed by atoms with Gasteiger partial charge in [0.25, 0.3) is 0 Å². The van der Waals surface area contributed by atoms with Crippen LogP contribution < -0.4 is 11.5 Å². The van der Waals surface area contributed by atoms with Crippen LogP contribution in [-0.2, 0) is 12.4 Å². The van der Waals surface area contributed by atoms with Crippen molar-refractivity contribution in [3.8, 4) is 0 Å². The van der Waals surface area contributed by atoms with E-state index in [1.807, 2.05) is 0 Å². The first-order chi connectivity index (χ1) is 9.07. The third-order valence-corrected chi connectivity index (χ3v) is 2.80. The number of rotatable bonds is 4. The Hall–Kier alpha value is -1.28. The van der Waals surface area contributed by atoms with E-state index in [4.69, 9.17) is 11.5 Å². The van der Waals surface area contributed by atoms with E-state index in [1.54, 1.807) is 0 Å². The SMILES string of the molecule is NCCC[C@H](N)c1cc(C(F)(F)F)ccc1C(F)(F)F. The summed E-state index contributed by atoms with van der Waals surface area (Å²) in [4.78, 5) is 0. The molecule has 1 aromatic rings. The van der Waals surface area contributed by atoms with Gasteiger partial charge < -0.3 is 11.5 Å². The maximum atomic E-state index is 12.8. The number of hydrogen-bond acceptors (Lipinski definition) is 2. The van der Waals surface area contributed by atoms with Gasteiger partial charge in [-0.05, 0) is 43.1 Å². The van der Waals surface area contributed by atoms with Crippen molar-refractivity contribution in [2.24, 2.45) is 11.5 Å². The standard InChI is InChI=1S/C12H14F6N2/c13-11(14,15)7-3-4-9(12(16,17)18)8(6-7)10(20)2-1-5-19/h3-4,6,10H,1-2,5,19-20H2/t10-/m0/s1. The molecule has 0 radical (unpaired) electrons. The molecule has 0 saturated heterocycles. The van der Waals surface area contributed by atoms with Crippen LogP contribution in [0.5, 0.6) is 0 Å². The van der Waals surface area contributed by atoms with Crippen molar-refractivity contribution in [1.29, 1.82) is 0 Å². The molecule has 0 heterocycles. The van der Waals surface area contributed by atoms with E-state index in [0.717, 1.165) is 0 Å². The molecule has 1 rings (SSSR count). The summed E-state index contributed by atoms with van der Waals surface area (Å²) >= 11 is 0. The van der Waals surface area contributed by atoms with E-state index in [2.05, 4.69) is 0 Å². The molecule has 0 aliphatic heterocycles. The number of nitrogens with two attached hydrogens (primary N) is 2. The zero-order chi connectivity index (χ0) is 15.6. The lowest BCUT2D eigenvalue weighted by molar-refractivity contribution is -0.142. The van der Waals surface area contributed by atoms with Gasteiger partial charge in [0, 0.05) is 6.04 Å². The number of benzene rings is 1. The van der Waals surface area contributed by atoms with Crippen molar-refractivity contribution in [2.45, 2.75) is 31.2 Å². The molecule has 0 aliphatic carbocycles. The Balaban J connectivity index is 3.27. The zero-order valence-electron chi connectivity index (χ0n) is 10.4. The lowest BCUT2D eigenvalue weighted by atomic mass is 9.94. The maximum Gasteiger partial charge on any atom is 0.416 e. The van der Waals surface area contributed by atoms with E-state index < -0.39 is 35.1 Å². The average molecular weight is 300 g/mol. The van der Waals surface area contributed by atoms with Crippen molar-refractivity contribution in [1.82, 2.24) is 0 Å². The predicted molar refractivity (Wildman–Crippen MR) is 61.7 cm³/mol. The molecule has 20 heavy (non-hydrogen) atoms. The van der Waals surface area contributed by atoms with Crippen LogP contribution in [0, 0.1) is 0 Å². The van der Waals surface area contributed by atoms with Crippen molar-refractivity contribution >= 4 is 0 Å². The Kier molecular flexibility index (Phi) is 5.04. The largest absolute Gasteiger partial charge is 0.416 e. The molecule has 1 aromatic carbocycles. The minimum Gasteiger partial charge on any atom is -0.330 e. The van der Waals surface area contributed by atoms with Gasteiger partial charge in [-0.25, -0.2) is 0 Å². The summed E-state index contributed by atoms with van der Waals surface area (Å²) in [6.07, 6.45) is -9.05. The van der Waals surface area contributed by atoms with Crippen molar-refractivity contribution in [2.75, 3.05) is 6.54 Å². The fourth-order valence-electron chi connectivity index (χ4n) is 1.80. The summed E-state index contributed by atoms with van der Waals surface area (Å²) in [5.41, 5.74) is 7.94. The highest BCUT2D eigenvalue weighted by Gasteiger charge is 2.37. The maximum absolute atomic E-state index is 12.8. The third-order valence-electron chi connectivity index (χ3n) is 2.80. The Morgan fingerprint density at radius 1 is 1.00 bits per heavy atom. The fraction of sp³-hybridized carbons (Fsp3) is 0.500. The van der Waals surface area contributed by atoms with Crippen LogP contribution in [0.3, 0.4) is 0 Å². The molecule has 0 unspecified atom stereocenters. The van der Waals surface area contributed by atoms with Gasteiger partial charge in [-0.2, -0.15) is 26.3 Å². The zero-order valence-corrected chi connectivity index (χ0v) is 10.4. The summed E-state index contributed by atoms with van der Waals surface area (Å²) in [7, 11) is 0. The van der Waals surface area contributed by atoms with Crippen LogP contribution in [0.25, 0.3) is 0 Å². The number of halogens is 6. The first-order valence-corrected chi connectivity index (χ1v) is 5.81. The van der Waals surface area contributed by atoms with Crippen molar-refractivity contribution < 1.29 is 26.3 Å². The molecule has 0 fully saturated rings. The van der Waals surface area contributed by atoms with Gasteiger partial charge in [-0.15, -0.1) is 0 Å². The van der Waals surface area contributed by atoms with Crippen LogP contribution in [0.15, 0.2) is 18.2 Å².